The summed E-state index contributed by atoms with van der Waals surface area (Å²) in [5, 5.41) is 7.83. The standard InChI is InChI=1S/C4H6O3.2H2/c1-2-3(5)4(6)7;;/h2H2,1H3,(H,6,7);2*1H. The summed E-state index contributed by atoms with van der Waals surface area (Å²) in [5.74, 6) is -2.08. The van der Waals surface area contributed by atoms with Crippen molar-refractivity contribution in [2.45, 2.75) is 13.3 Å². The van der Waals surface area contributed by atoms with Crippen LogP contribution in [0.3, 0.4) is 0 Å². The van der Waals surface area contributed by atoms with Gasteiger partial charge in [-0.3, -0.25) is 4.79 Å². The first kappa shape index (κ1) is 6.14. The summed E-state index contributed by atoms with van der Waals surface area (Å²) in [4.78, 5) is 19.5. The number of aliphatic carboxylic acids is 1. The Morgan fingerprint density at radius 2 is 2.14 bits per heavy atom. The minimum Gasteiger partial charge on any atom is -0.476 e. The third-order valence-electron chi connectivity index (χ3n) is 0.560. The fourth-order valence-electron chi connectivity index (χ4n) is 0.151. The predicted octanol–water partition coefficient (Wildman–Crippen LogP) is 0.542. The normalized spacial score (nSPS) is 8.14. The molecule has 0 aliphatic heterocycles. The van der Waals surface area contributed by atoms with Crippen molar-refractivity contribution in [3.8, 4) is 0 Å². The highest BCUT2D eigenvalue weighted by atomic mass is 16.4. The molecule has 3 heteroatoms. The second kappa shape index (κ2) is 2.34. The molecule has 0 aromatic heterocycles. The smallest absolute Gasteiger partial charge is 0.372 e. The van der Waals surface area contributed by atoms with Gasteiger partial charge < -0.3 is 5.11 Å². The van der Waals surface area contributed by atoms with E-state index in [4.69, 9.17) is 5.11 Å². The van der Waals surface area contributed by atoms with Gasteiger partial charge in [0.25, 0.3) is 0 Å². The van der Waals surface area contributed by atoms with Crippen LogP contribution in [0.25, 0.3) is 0 Å². The monoisotopic (exact) mass is 106 g/mol. The number of rotatable bonds is 2. The molecule has 0 saturated carbocycles. The Kier molecular flexibility index (Phi) is 2.05. The molecule has 44 valence electrons. The molecule has 0 aliphatic carbocycles. The van der Waals surface area contributed by atoms with Gasteiger partial charge in [-0.2, -0.15) is 0 Å². The lowest BCUT2D eigenvalue weighted by Gasteiger charge is -1.80. The van der Waals surface area contributed by atoms with Crippen molar-refractivity contribution in [2.75, 3.05) is 0 Å². The molecular weight excluding hydrogens is 96.0 g/mol. The molecule has 7 heavy (non-hydrogen) atoms. The summed E-state index contributed by atoms with van der Waals surface area (Å²) in [7, 11) is 0. The van der Waals surface area contributed by atoms with E-state index in [2.05, 4.69) is 0 Å². The lowest BCUT2D eigenvalue weighted by atomic mass is 10.3. The third-order valence-corrected chi connectivity index (χ3v) is 0.560. The topological polar surface area (TPSA) is 54.4 Å². The molecule has 0 amide bonds. The van der Waals surface area contributed by atoms with Crippen LogP contribution in [0.15, 0.2) is 0 Å². The Bertz CT molecular complexity index is 102. The molecule has 0 rings (SSSR count). The van der Waals surface area contributed by atoms with E-state index in [-0.39, 0.29) is 9.27 Å². The van der Waals surface area contributed by atoms with Crippen LogP contribution in [-0.4, -0.2) is 16.9 Å². The molecule has 0 radical (unpaired) electrons. The summed E-state index contributed by atoms with van der Waals surface area (Å²) < 4.78 is 0. The van der Waals surface area contributed by atoms with E-state index >= 15 is 0 Å². The van der Waals surface area contributed by atoms with Crippen molar-refractivity contribution in [3.05, 3.63) is 0 Å². The molecular formula is C4H10O3. The zero-order valence-corrected chi connectivity index (χ0v) is 3.97. The van der Waals surface area contributed by atoms with Gasteiger partial charge in [-0.15, -0.1) is 0 Å². The second-order valence-corrected chi connectivity index (χ2v) is 1.08. The lowest BCUT2D eigenvalue weighted by molar-refractivity contribution is -0.148. The van der Waals surface area contributed by atoms with Gasteiger partial charge in [0, 0.05) is 9.27 Å². The first-order valence-electron chi connectivity index (χ1n) is 1.94. The van der Waals surface area contributed by atoms with Crippen molar-refractivity contribution < 1.29 is 17.5 Å². The van der Waals surface area contributed by atoms with E-state index in [1.165, 1.54) is 6.92 Å². The molecule has 0 aromatic carbocycles. The third kappa shape index (κ3) is 1.92. The largest absolute Gasteiger partial charge is 0.476 e. The van der Waals surface area contributed by atoms with Gasteiger partial charge in [-0.1, -0.05) is 6.92 Å². The van der Waals surface area contributed by atoms with E-state index in [1.807, 2.05) is 0 Å². The minimum atomic E-state index is -1.34. The van der Waals surface area contributed by atoms with E-state index in [9.17, 15) is 9.59 Å². The molecule has 0 aliphatic rings. The van der Waals surface area contributed by atoms with E-state index in [1.54, 1.807) is 0 Å². The number of hydrogen-bond acceptors (Lipinski definition) is 2. The number of carboxylic acids is 1. The predicted molar refractivity (Wildman–Crippen MR) is 27.2 cm³/mol. The summed E-state index contributed by atoms with van der Waals surface area (Å²) in [6.45, 7) is 1.51. The van der Waals surface area contributed by atoms with Crippen LogP contribution in [0.1, 0.15) is 16.2 Å². The molecule has 0 heterocycles. The van der Waals surface area contributed by atoms with Crippen molar-refractivity contribution in [3.63, 3.8) is 0 Å². The van der Waals surface area contributed by atoms with E-state index in [0.717, 1.165) is 0 Å². The molecule has 0 saturated heterocycles. The average molecular weight is 106 g/mol. The number of hydrogen-bond donors (Lipinski definition) is 1. The fraction of sp³-hybridized carbons (Fsp3) is 0.500. The van der Waals surface area contributed by atoms with E-state index < -0.39 is 11.8 Å². The minimum absolute atomic E-state index is 0. The van der Waals surface area contributed by atoms with Gasteiger partial charge in [0.05, 0.1) is 0 Å². The molecule has 0 bridgehead atoms. The molecule has 0 spiro atoms. The maximum absolute atomic E-state index is 9.91. The quantitative estimate of drug-likeness (QED) is 0.523. The second-order valence-electron chi connectivity index (χ2n) is 1.08. The van der Waals surface area contributed by atoms with Gasteiger partial charge >= 0.3 is 5.97 Å². The lowest BCUT2D eigenvalue weighted by Crippen LogP contribution is -2.09. The van der Waals surface area contributed by atoms with Gasteiger partial charge in [0.2, 0.25) is 5.78 Å². The number of Topliss-reactive ketones (excluding diaryl/α,β-unsaturated/α-hetero) is 1. The van der Waals surface area contributed by atoms with Gasteiger partial charge in [-0.25, -0.2) is 4.79 Å². The Morgan fingerprint density at radius 3 is 2.14 bits per heavy atom. The Hall–Kier alpha value is -0.860. The highest BCUT2D eigenvalue weighted by Gasteiger charge is 2.05. The Balaban J connectivity index is -0.000000180. The molecule has 0 aromatic rings. The van der Waals surface area contributed by atoms with Gasteiger partial charge in [-0.05, 0) is 0 Å². The zero-order valence-electron chi connectivity index (χ0n) is 3.97. The van der Waals surface area contributed by atoms with Crippen LogP contribution in [-0.2, 0) is 9.59 Å². The Labute approximate surface area is 43.9 Å². The average Bonchev–Trinajstić information content (AvgIpc) is 1.65. The molecule has 3 nitrogen and oxygen atoms in total. The summed E-state index contributed by atoms with van der Waals surface area (Å²) in [5.41, 5.74) is 0. The van der Waals surface area contributed by atoms with Crippen LogP contribution < -0.4 is 0 Å². The molecule has 1 N–H and O–H groups in total. The summed E-state index contributed by atoms with van der Waals surface area (Å²) in [6, 6.07) is 0. The summed E-state index contributed by atoms with van der Waals surface area (Å²) >= 11 is 0. The van der Waals surface area contributed by atoms with Gasteiger partial charge in [0.15, 0.2) is 0 Å². The summed E-state index contributed by atoms with van der Waals surface area (Å²) in [6.07, 6.45) is 0.0787. The molecule has 0 fully saturated rings. The molecule has 0 atom stereocenters. The fourth-order valence-corrected chi connectivity index (χ4v) is 0.151. The number of ketones is 1. The number of carbonyl (C=O) groups is 2. The first-order chi connectivity index (χ1) is 3.18. The van der Waals surface area contributed by atoms with Crippen LogP contribution in [0.5, 0.6) is 0 Å². The van der Waals surface area contributed by atoms with Crippen LogP contribution >= 0.6 is 0 Å². The highest BCUT2D eigenvalue weighted by molar-refractivity contribution is 6.32. The van der Waals surface area contributed by atoms with Crippen molar-refractivity contribution in [1.29, 1.82) is 0 Å². The first-order valence-corrected chi connectivity index (χ1v) is 1.94. The number of carboxylic acid groups (broad SMARTS) is 1. The van der Waals surface area contributed by atoms with E-state index in [0.29, 0.717) is 0 Å². The number of carbonyl (C=O) groups excluding carboxylic acids is 1. The molecule has 0 unspecified atom stereocenters. The maximum Gasteiger partial charge on any atom is 0.372 e. The van der Waals surface area contributed by atoms with Crippen LogP contribution in [0, 0.1) is 0 Å². The Morgan fingerprint density at radius 1 is 1.71 bits per heavy atom. The van der Waals surface area contributed by atoms with Crippen LogP contribution in [0.4, 0.5) is 0 Å². The highest BCUT2D eigenvalue weighted by Crippen LogP contribution is 1.76. The maximum atomic E-state index is 9.91. The SMILES string of the molecule is CCC(=O)C(=O)O.[HH].[HH]. The zero-order chi connectivity index (χ0) is 5.86. The van der Waals surface area contributed by atoms with Gasteiger partial charge in [0.1, 0.15) is 0 Å². The van der Waals surface area contributed by atoms with Crippen molar-refractivity contribution in [1.82, 2.24) is 0 Å². The van der Waals surface area contributed by atoms with Crippen LogP contribution in [0.2, 0.25) is 0 Å². The van der Waals surface area contributed by atoms with Crippen molar-refractivity contribution >= 4 is 11.8 Å². The van der Waals surface area contributed by atoms with Crippen molar-refractivity contribution in [2.24, 2.45) is 0 Å².